The van der Waals surface area contributed by atoms with E-state index in [0.717, 1.165) is 16.7 Å². The largest absolute Gasteiger partial charge is 0.347 e. The van der Waals surface area contributed by atoms with Gasteiger partial charge in [0, 0.05) is 11.1 Å². The molecule has 1 unspecified atom stereocenters. The third-order valence-electron chi connectivity index (χ3n) is 4.63. The second kappa shape index (κ2) is 5.90. The fourth-order valence-electron chi connectivity index (χ4n) is 3.47. The van der Waals surface area contributed by atoms with Crippen molar-refractivity contribution in [3.05, 3.63) is 76.6 Å². The van der Waals surface area contributed by atoms with Crippen LogP contribution in [0.3, 0.4) is 0 Å². The van der Waals surface area contributed by atoms with Crippen molar-refractivity contribution in [3.8, 4) is 0 Å². The van der Waals surface area contributed by atoms with Crippen LogP contribution in [0.4, 0.5) is 4.39 Å². The number of Topliss-reactive ketones (excluding diaryl/α,β-unsaturated/α-hetero) is 1. The number of rotatable bonds is 1. The van der Waals surface area contributed by atoms with Gasteiger partial charge in [0.25, 0.3) is 0 Å². The summed E-state index contributed by atoms with van der Waals surface area (Å²) in [5.74, 6) is -1.24. The Bertz CT molecular complexity index is 882. The first kappa shape index (κ1) is 16.2. The summed E-state index contributed by atoms with van der Waals surface area (Å²) in [5.41, 5.74) is 3.72. The summed E-state index contributed by atoms with van der Waals surface area (Å²) < 4.78 is 25.2. The maximum Gasteiger partial charge on any atom is 0.193 e. The number of benzene rings is 2. The van der Waals surface area contributed by atoms with Gasteiger partial charge in [-0.2, -0.15) is 0 Å². The van der Waals surface area contributed by atoms with E-state index in [0.29, 0.717) is 24.2 Å². The van der Waals surface area contributed by atoms with Crippen LogP contribution in [0.2, 0.25) is 0 Å². The molecule has 1 heterocycles. The Morgan fingerprint density at radius 2 is 1.88 bits per heavy atom. The first-order valence-electron chi connectivity index (χ1n) is 8.38. The van der Waals surface area contributed by atoms with Gasteiger partial charge in [-0.15, -0.1) is 0 Å². The molecule has 0 N–H and O–H groups in total. The zero-order valence-corrected chi connectivity index (χ0v) is 14.2. The first-order valence-corrected chi connectivity index (χ1v) is 8.38. The Balaban J connectivity index is 1.85. The lowest BCUT2D eigenvalue weighted by Gasteiger charge is -2.16. The van der Waals surface area contributed by atoms with E-state index >= 15 is 0 Å². The molecular weight excluding hydrogens is 319 g/mol. The van der Waals surface area contributed by atoms with Crippen LogP contribution >= 0.6 is 0 Å². The zero-order chi connectivity index (χ0) is 17.6. The number of fused-ring (bicyclic) bond motifs is 2. The molecule has 2 aliphatic rings. The van der Waals surface area contributed by atoms with Gasteiger partial charge in [0.05, 0.1) is 6.61 Å². The van der Waals surface area contributed by atoms with Gasteiger partial charge in [-0.3, -0.25) is 4.79 Å². The summed E-state index contributed by atoms with van der Waals surface area (Å²) in [4.78, 5) is 13.2. The average Bonchev–Trinajstić information content (AvgIpc) is 2.87. The van der Waals surface area contributed by atoms with Crippen molar-refractivity contribution < 1.29 is 18.7 Å². The van der Waals surface area contributed by atoms with E-state index in [-0.39, 0.29) is 11.9 Å². The number of carbonyl (C=O) groups is 1. The molecule has 2 aromatic rings. The fraction of sp³-hybridized carbons (Fsp3) is 0.286. The number of hydrogen-bond acceptors (Lipinski definition) is 3. The Morgan fingerprint density at radius 1 is 1.12 bits per heavy atom. The molecule has 0 saturated carbocycles. The highest BCUT2D eigenvalue weighted by Gasteiger charge is 2.33. The number of ketones is 1. The molecule has 1 aliphatic carbocycles. The molecule has 25 heavy (non-hydrogen) atoms. The van der Waals surface area contributed by atoms with E-state index in [1.54, 1.807) is 6.07 Å². The molecule has 0 aromatic heterocycles. The highest BCUT2D eigenvalue weighted by Crippen LogP contribution is 2.33. The summed E-state index contributed by atoms with van der Waals surface area (Å²) in [6.45, 7) is 4.08. The van der Waals surface area contributed by atoms with Crippen LogP contribution in [0.1, 0.15) is 40.9 Å². The van der Waals surface area contributed by atoms with Crippen molar-refractivity contribution in [2.24, 2.45) is 0 Å². The minimum atomic E-state index is -0.668. The van der Waals surface area contributed by atoms with Crippen molar-refractivity contribution in [2.75, 3.05) is 6.61 Å². The van der Waals surface area contributed by atoms with Crippen LogP contribution in [-0.2, 0) is 15.9 Å². The summed E-state index contributed by atoms with van der Waals surface area (Å²) in [7, 11) is 0. The highest BCUT2D eigenvalue weighted by atomic mass is 19.1. The molecule has 2 aromatic carbocycles. The molecule has 1 atom stereocenters. The van der Waals surface area contributed by atoms with Crippen LogP contribution in [0.25, 0.3) is 5.57 Å². The third-order valence-corrected chi connectivity index (χ3v) is 4.63. The second-order valence-electron chi connectivity index (χ2n) is 6.91. The number of carbonyl (C=O) groups excluding carboxylic acids is 1. The Morgan fingerprint density at radius 3 is 2.64 bits per heavy atom. The standard InChI is InChI=1S/C21H19FO3/c1-21(2)24-12-16(25-21)11-19-17-6-4-3-5-13(17)9-14-7-8-15(22)10-18(14)20(19)23/h3-8,10-11,16H,9,12H2,1-2H3/b19-11+. The summed E-state index contributed by atoms with van der Waals surface area (Å²) >= 11 is 0. The van der Waals surface area contributed by atoms with Gasteiger partial charge in [0.15, 0.2) is 11.6 Å². The molecule has 0 bridgehead atoms. The molecular formula is C21H19FO3. The lowest BCUT2D eigenvalue weighted by Crippen LogP contribution is -2.21. The van der Waals surface area contributed by atoms with Crippen molar-refractivity contribution in [1.82, 2.24) is 0 Å². The van der Waals surface area contributed by atoms with Gasteiger partial charge < -0.3 is 9.47 Å². The quantitative estimate of drug-likeness (QED) is 0.733. The molecule has 0 spiro atoms. The first-order chi connectivity index (χ1) is 11.9. The van der Waals surface area contributed by atoms with Crippen molar-refractivity contribution >= 4 is 11.4 Å². The zero-order valence-electron chi connectivity index (χ0n) is 14.2. The van der Waals surface area contributed by atoms with Crippen molar-refractivity contribution in [2.45, 2.75) is 32.2 Å². The molecule has 1 saturated heterocycles. The van der Waals surface area contributed by atoms with E-state index in [4.69, 9.17) is 9.47 Å². The Labute approximate surface area is 146 Å². The minimum absolute atomic E-state index is 0.173. The molecule has 3 nitrogen and oxygen atoms in total. The predicted octanol–water partition coefficient (Wildman–Crippen LogP) is 4.15. The molecule has 0 radical (unpaired) electrons. The van der Waals surface area contributed by atoms with E-state index < -0.39 is 11.6 Å². The van der Waals surface area contributed by atoms with E-state index in [2.05, 4.69) is 0 Å². The van der Waals surface area contributed by atoms with Gasteiger partial charge in [0.2, 0.25) is 0 Å². The van der Waals surface area contributed by atoms with Gasteiger partial charge in [-0.1, -0.05) is 30.3 Å². The Hall–Kier alpha value is -2.30. The predicted molar refractivity (Wildman–Crippen MR) is 92.9 cm³/mol. The molecule has 1 aliphatic heterocycles. The van der Waals surface area contributed by atoms with E-state index in [1.807, 2.05) is 44.2 Å². The van der Waals surface area contributed by atoms with Gasteiger partial charge in [0.1, 0.15) is 11.9 Å². The van der Waals surface area contributed by atoms with E-state index in [9.17, 15) is 9.18 Å². The molecule has 0 amide bonds. The average molecular weight is 338 g/mol. The van der Waals surface area contributed by atoms with Crippen LogP contribution in [0.15, 0.2) is 48.5 Å². The topological polar surface area (TPSA) is 35.5 Å². The number of allylic oxidation sites excluding steroid dienone is 1. The van der Waals surface area contributed by atoms with Crippen LogP contribution in [-0.4, -0.2) is 24.3 Å². The fourth-order valence-corrected chi connectivity index (χ4v) is 3.47. The number of halogens is 1. The van der Waals surface area contributed by atoms with Crippen molar-refractivity contribution in [1.29, 1.82) is 0 Å². The lowest BCUT2D eigenvalue weighted by molar-refractivity contribution is -0.133. The Kier molecular flexibility index (Phi) is 3.82. The lowest BCUT2D eigenvalue weighted by atomic mass is 9.95. The van der Waals surface area contributed by atoms with Crippen LogP contribution in [0.5, 0.6) is 0 Å². The number of hydrogen-bond donors (Lipinski definition) is 0. The van der Waals surface area contributed by atoms with Gasteiger partial charge >= 0.3 is 0 Å². The minimum Gasteiger partial charge on any atom is -0.347 e. The SMILES string of the molecule is CC1(C)OCC(/C=C2/C(=O)c3cc(F)ccc3Cc3ccccc32)O1. The monoisotopic (exact) mass is 338 g/mol. The van der Waals surface area contributed by atoms with Gasteiger partial charge in [-0.05, 0) is 55.2 Å². The maximum absolute atomic E-state index is 13.7. The summed E-state index contributed by atoms with van der Waals surface area (Å²) in [5, 5.41) is 0. The molecule has 4 rings (SSSR count). The second-order valence-corrected chi connectivity index (χ2v) is 6.91. The number of ether oxygens (including phenoxy) is 2. The highest BCUT2D eigenvalue weighted by molar-refractivity contribution is 6.30. The normalized spacial score (nSPS) is 23.2. The maximum atomic E-state index is 13.7. The smallest absolute Gasteiger partial charge is 0.193 e. The third kappa shape index (κ3) is 3.03. The summed E-state index contributed by atoms with van der Waals surface area (Å²) in [6, 6.07) is 12.2. The van der Waals surface area contributed by atoms with Gasteiger partial charge in [-0.25, -0.2) is 4.39 Å². The molecule has 1 fully saturated rings. The van der Waals surface area contributed by atoms with Crippen molar-refractivity contribution in [3.63, 3.8) is 0 Å². The van der Waals surface area contributed by atoms with Crippen LogP contribution in [0, 0.1) is 5.82 Å². The van der Waals surface area contributed by atoms with E-state index in [1.165, 1.54) is 12.1 Å². The molecule has 128 valence electrons. The molecule has 4 heteroatoms. The van der Waals surface area contributed by atoms with Crippen LogP contribution < -0.4 is 0 Å². The summed E-state index contributed by atoms with van der Waals surface area (Å²) in [6.07, 6.45) is 2.11.